The normalized spacial score (nSPS) is 15.0. The quantitative estimate of drug-likeness (QED) is 0.374. The Labute approximate surface area is 209 Å². The molecule has 0 aliphatic carbocycles. The van der Waals surface area contributed by atoms with Crippen LogP contribution in [0.15, 0.2) is 72.8 Å². The highest BCUT2D eigenvalue weighted by Crippen LogP contribution is 2.30. The van der Waals surface area contributed by atoms with E-state index < -0.39 is 0 Å². The molecule has 0 radical (unpaired) electrons. The van der Waals surface area contributed by atoms with Gasteiger partial charge in [-0.05, 0) is 70.1 Å². The van der Waals surface area contributed by atoms with E-state index in [-0.39, 0.29) is 11.9 Å². The summed E-state index contributed by atoms with van der Waals surface area (Å²) < 4.78 is 25.9. The van der Waals surface area contributed by atoms with Crippen LogP contribution in [0.4, 0.5) is 10.1 Å². The largest absolute Gasteiger partial charge is 0.497 e. The predicted molar refractivity (Wildman–Crippen MR) is 135 cm³/mol. The van der Waals surface area contributed by atoms with Crippen LogP contribution in [0.5, 0.6) is 11.5 Å². The fourth-order valence-electron chi connectivity index (χ4n) is 4.62. The summed E-state index contributed by atoms with van der Waals surface area (Å²) in [5.41, 5.74) is 3.21. The number of hydrogen-bond donors (Lipinski definition) is 0. The standard InChI is InChI=1S/C27H29FN6O2/c1-35-24-11-3-20(4-12-24)19-34-27(29-30-31-34)26(21-5-13-25(36-2)14-6-21)33-17-15-32(16-18-33)23-9-7-22(28)8-10-23/h3-14,26H,15-19H2,1-2H3. The fourth-order valence-corrected chi connectivity index (χ4v) is 4.62. The smallest absolute Gasteiger partial charge is 0.173 e. The predicted octanol–water partition coefficient (Wildman–Crippen LogP) is 3.79. The van der Waals surface area contributed by atoms with Crippen molar-refractivity contribution in [3.63, 3.8) is 0 Å². The molecule has 0 spiro atoms. The maximum atomic E-state index is 13.4. The van der Waals surface area contributed by atoms with Crippen molar-refractivity contribution in [2.75, 3.05) is 45.3 Å². The molecule has 36 heavy (non-hydrogen) atoms. The molecule has 0 N–H and O–H groups in total. The topological polar surface area (TPSA) is 68.5 Å². The van der Waals surface area contributed by atoms with E-state index in [2.05, 4.69) is 37.5 Å². The van der Waals surface area contributed by atoms with E-state index in [9.17, 15) is 4.39 Å². The molecule has 1 fully saturated rings. The van der Waals surface area contributed by atoms with Crippen LogP contribution in [-0.4, -0.2) is 65.5 Å². The minimum atomic E-state index is -0.222. The van der Waals surface area contributed by atoms with E-state index in [0.717, 1.165) is 60.3 Å². The lowest BCUT2D eigenvalue weighted by molar-refractivity contribution is 0.201. The van der Waals surface area contributed by atoms with Gasteiger partial charge in [-0.2, -0.15) is 0 Å². The highest BCUT2D eigenvalue weighted by atomic mass is 19.1. The number of hydrogen-bond acceptors (Lipinski definition) is 7. The van der Waals surface area contributed by atoms with Gasteiger partial charge in [0.05, 0.1) is 26.8 Å². The molecule has 9 heteroatoms. The molecule has 0 bridgehead atoms. The van der Waals surface area contributed by atoms with Crippen LogP contribution < -0.4 is 14.4 Å². The summed E-state index contributed by atoms with van der Waals surface area (Å²) in [6.45, 7) is 3.80. The number of aromatic nitrogens is 4. The van der Waals surface area contributed by atoms with Gasteiger partial charge >= 0.3 is 0 Å². The molecule has 1 unspecified atom stereocenters. The number of tetrazole rings is 1. The lowest BCUT2D eigenvalue weighted by Crippen LogP contribution is -2.48. The first kappa shape index (κ1) is 23.7. The Bertz CT molecular complexity index is 1250. The second kappa shape index (κ2) is 10.7. The first-order valence-corrected chi connectivity index (χ1v) is 11.9. The van der Waals surface area contributed by atoms with Gasteiger partial charge in [-0.25, -0.2) is 9.07 Å². The maximum Gasteiger partial charge on any atom is 0.173 e. The molecule has 8 nitrogen and oxygen atoms in total. The van der Waals surface area contributed by atoms with Crippen molar-refractivity contribution < 1.29 is 13.9 Å². The third-order valence-electron chi connectivity index (χ3n) is 6.60. The monoisotopic (exact) mass is 488 g/mol. The number of piperazine rings is 1. The maximum absolute atomic E-state index is 13.4. The van der Waals surface area contributed by atoms with E-state index in [4.69, 9.17) is 9.47 Å². The number of anilines is 1. The van der Waals surface area contributed by atoms with Gasteiger partial charge in [0.15, 0.2) is 5.82 Å². The average Bonchev–Trinajstić information content (AvgIpc) is 3.38. The number of halogens is 1. The molecule has 1 aliphatic rings. The zero-order valence-electron chi connectivity index (χ0n) is 20.4. The zero-order chi connectivity index (χ0) is 24.9. The van der Waals surface area contributed by atoms with Gasteiger partial charge in [-0.1, -0.05) is 24.3 Å². The summed E-state index contributed by atoms with van der Waals surface area (Å²) in [6.07, 6.45) is 0. The van der Waals surface area contributed by atoms with Crippen LogP contribution >= 0.6 is 0 Å². The Hall–Kier alpha value is -3.98. The molecular formula is C27H29FN6O2. The van der Waals surface area contributed by atoms with E-state index in [1.54, 1.807) is 14.2 Å². The second-order valence-electron chi connectivity index (χ2n) is 8.72. The van der Waals surface area contributed by atoms with Crippen molar-refractivity contribution in [3.05, 3.63) is 95.6 Å². The second-order valence-corrected chi connectivity index (χ2v) is 8.72. The van der Waals surface area contributed by atoms with Gasteiger partial charge in [0.2, 0.25) is 0 Å². The minimum Gasteiger partial charge on any atom is -0.497 e. The summed E-state index contributed by atoms with van der Waals surface area (Å²) in [7, 11) is 3.32. The molecule has 1 aliphatic heterocycles. The summed E-state index contributed by atoms with van der Waals surface area (Å²) >= 11 is 0. The molecule has 1 atom stereocenters. The fraction of sp³-hybridized carbons (Fsp3) is 0.296. The molecule has 1 aromatic heterocycles. The van der Waals surface area contributed by atoms with Crippen molar-refractivity contribution in [2.24, 2.45) is 0 Å². The number of nitrogens with zero attached hydrogens (tertiary/aromatic N) is 6. The van der Waals surface area contributed by atoms with Crippen LogP contribution in [-0.2, 0) is 6.54 Å². The summed E-state index contributed by atoms with van der Waals surface area (Å²) in [5, 5.41) is 12.8. The molecule has 3 aromatic carbocycles. The Kier molecular flexibility index (Phi) is 7.08. The third kappa shape index (κ3) is 5.16. The molecule has 0 amide bonds. The summed E-state index contributed by atoms with van der Waals surface area (Å²) in [6, 6.07) is 22.6. The van der Waals surface area contributed by atoms with Gasteiger partial charge in [0, 0.05) is 31.9 Å². The minimum absolute atomic E-state index is 0.125. The molecular weight excluding hydrogens is 459 g/mol. The van der Waals surface area contributed by atoms with Crippen molar-refractivity contribution >= 4 is 5.69 Å². The van der Waals surface area contributed by atoms with Crippen molar-refractivity contribution in [1.82, 2.24) is 25.1 Å². The molecule has 2 heterocycles. The molecule has 5 rings (SSSR count). The Morgan fingerprint density at radius 2 is 1.42 bits per heavy atom. The van der Waals surface area contributed by atoms with E-state index in [1.165, 1.54) is 12.1 Å². The molecule has 0 saturated carbocycles. The number of methoxy groups -OCH3 is 2. The first-order chi connectivity index (χ1) is 17.6. The van der Waals surface area contributed by atoms with Crippen LogP contribution in [0.1, 0.15) is 23.0 Å². The van der Waals surface area contributed by atoms with Gasteiger partial charge in [-0.15, -0.1) is 5.10 Å². The Morgan fingerprint density at radius 1 is 0.806 bits per heavy atom. The Balaban J connectivity index is 1.41. The van der Waals surface area contributed by atoms with Crippen molar-refractivity contribution in [3.8, 4) is 11.5 Å². The number of benzene rings is 3. The average molecular weight is 489 g/mol. The van der Waals surface area contributed by atoms with Crippen LogP contribution in [0.25, 0.3) is 0 Å². The highest BCUT2D eigenvalue weighted by molar-refractivity contribution is 5.47. The lowest BCUT2D eigenvalue weighted by atomic mass is 10.0. The summed E-state index contributed by atoms with van der Waals surface area (Å²) in [4.78, 5) is 4.68. The van der Waals surface area contributed by atoms with E-state index in [1.807, 2.05) is 53.2 Å². The van der Waals surface area contributed by atoms with Crippen LogP contribution in [0.3, 0.4) is 0 Å². The van der Waals surface area contributed by atoms with Gasteiger partial charge in [0.25, 0.3) is 0 Å². The van der Waals surface area contributed by atoms with Gasteiger partial charge in [0.1, 0.15) is 17.3 Å². The van der Waals surface area contributed by atoms with E-state index >= 15 is 0 Å². The molecule has 186 valence electrons. The number of rotatable bonds is 8. The first-order valence-electron chi connectivity index (χ1n) is 11.9. The van der Waals surface area contributed by atoms with Crippen LogP contribution in [0, 0.1) is 5.82 Å². The third-order valence-corrected chi connectivity index (χ3v) is 6.60. The highest BCUT2D eigenvalue weighted by Gasteiger charge is 2.31. The SMILES string of the molecule is COc1ccc(Cn2nnnc2C(c2ccc(OC)cc2)N2CCN(c3ccc(F)cc3)CC2)cc1. The molecule has 1 saturated heterocycles. The van der Waals surface area contributed by atoms with Gasteiger partial charge < -0.3 is 14.4 Å². The lowest BCUT2D eigenvalue weighted by Gasteiger charge is -2.40. The van der Waals surface area contributed by atoms with Crippen molar-refractivity contribution in [2.45, 2.75) is 12.6 Å². The van der Waals surface area contributed by atoms with E-state index in [0.29, 0.717) is 6.54 Å². The van der Waals surface area contributed by atoms with Crippen LogP contribution in [0.2, 0.25) is 0 Å². The summed E-state index contributed by atoms with van der Waals surface area (Å²) in [5.74, 6) is 2.18. The van der Waals surface area contributed by atoms with Crippen molar-refractivity contribution in [1.29, 1.82) is 0 Å². The van der Waals surface area contributed by atoms with Gasteiger partial charge in [-0.3, -0.25) is 4.90 Å². The zero-order valence-corrected chi connectivity index (χ0v) is 20.4. The Morgan fingerprint density at radius 3 is 2.03 bits per heavy atom. The molecule has 4 aromatic rings. The number of ether oxygens (including phenoxy) is 2.